The summed E-state index contributed by atoms with van der Waals surface area (Å²) in [4.78, 5) is 26.2. The first-order valence-electron chi connectivity index (χ1n) is 8.45. The van der Waals surface area contributed by atoms with E-state index in [9.17, 15) is 19.1 Å². The number of rotatable bonds is 4. The number of ether oxygens (including phenoxy) is 2. The Kier molecular flexibility index (Phi) is 5.94. The Bertz CT molecular complexity index is 687. The summed E-state index contributed by atoms with van der Waals surface area (Å²) < 4.78 is 24.0. The van der Waals surface area contributed by atoms with Crippen LogP contribution < -0.4 is 10.1 Å². The Labute approximate surface area is 152 Å². The normalized spacial score (nSPS) is 17.1. The molecule has 1 atom stereocenters. The maximum absolute atomic E-state index is 13.6. The van der Waals surface area contributed by atoms with Crippen LogP contribution in [-0.2, 0) is 16.1 Å². The molecule has 0 bridgehead atoms. The van der Waals surface area contributed by atoms with Crippen LogP contribution in [0.3, 0.4) is 0 Å². The fourth-order valence-corrected chi connectivity index (χ4v) is 2.79. The van der Waals surface area contributed by atoms with Crippen LogP contribution in [0.4, 0.5) is 9.18 Å². The van der Waals surface area contributed by atoms with Gasteiger partial charge in [0.25, 0.3) is 0 Å². The van der Waals surface area contributed by atoms with Crippen molar-refractivity contribution >= 4 is 12.0 Å². The van der Waals surface area contributed by atoms with Gasteiger partial charge in [0.2, 0.25) is 5.91 Å². The van der Waals surface area contributed by atoms with Gasteiger partial charge in [-0.2, -0.15) is 0 Å². The average Bonchev–Trinajstić information content (AvgIpc) is 3.03. The number of carbonyl (C=O) groups excluding carboxylic acids is 2. The monoisotopic (exact) mass is 368 g/mol. The standard InChI is InChI=1S/C18H25FN2O5/c1-18(2,3)26-17(24)21-7-5-6-13(21)16(23)20-10-11-8-12(19)14(22)9-15(11)25-4/h8-9,13,22H,5-7,10H2,1-4H3,(H,20,23). The Hall–Kier alpha value is -2.51. The van der Waals surface area contributed by atoms with Gasteiger partial charge < -0.3 is 19.9 Å². The number of phenolic OH excluding ortho intramolecular Hbond substituents is 1. The van der Waals surface area contributed by atoms with Crippen molar-refractivity contribution in [3.63, 3.8) is 0 Å². The largest absolute Gasteiger partial charge is 0.505 e. The van der Waals surface area contributed by atoms with E-state index in [1.807, 2.05) is 0 Å². The van der Waals surface area contributed by atoms with Crippen molar-refractivity contribution in [2.45, 2.75) is 51.8 Å². The Balaban J connectivity index is 2.03. The van der Waals surface area contributed by atoms with Crippen LogP contribution in [-0.4, -0.2) is 47.3 Å². The van der Waals surface area contributed by atoms with Crippen molar-refractivity contribution in [2.24, 2.45) is 0 Å². The number of aromatic hydroxyl groups is 1. The number of hydrogen-bond donors (Lipinski definition) is 2. The molecule has 1 saturated heterocycles. The van der Waals surface area contributed by atoms with Crippen LogP contribution in [0.1, 0.15) is 39.2 Å². The van der Waals surface area contributed by atoms with Crippen molar-refractivity contribution in [3.05, 3.63) is 23.5 Å². The Morgan fingerprint density at radius 1 is 1.38 bits per heavy atom. The van der Waals surface area contributed by atoms with E-state index in [0.717, 1.165) is 12.1 Å². The number of nitrogens with zero attached hydrogens (tertiary/aromatic N) is 1. The van der Waals surface area contributed by atoms with E-state index in [0.29, 0.717) is 24.9 Å². The molecule has 8 heteroatoms. The minimum atomic E-state index is -0.800. The molecule has 0 spiro atoms. The van der Waals surface area contributed by atoms with Crippen molar-refractivity contribution in [2.75, 3.05) is 13.7 Å². The van der Waals surface area contributed by atoms with Gasteiger partial charge in [-0.1, -0.05) is 0 Å². The third-order valence-corrected chi connectivity index (χ3v) is 3.99. The molecule has 0 aliphatic carbocycles. The van der Waals surface area contributed by atoms with E-state index in [2.05, 4.69) is 5.32 Å². The van der Waals surface area contributed by atoms with Gasteiger partial charge in [0.15, 0.2) is 11.6 Å². The molecule has 1 aliphatic rings. The summed E-state index contributed by atoms with van der Waals surface area (Å²) >= 11 is 0. The van der Waals surface area contributed by atoms with Gasteiger partial charge in [0.1, 0.15) is 17.4 Å². The topological polar surface area (TPSA) is 88.1 Å². The summed E-state index contributed by atoms with van der Waals surface area (Å²) in [6, 6.07) is 1.63. The van der Waals surface area contributed by atoms with E-state index in [1.165, 1.54) is 12.0 Å². The van der Waals surface area contributed by atoms with Gasteiger partial charge in [-0.05, 0) is 39.7 Å². The molecule has 2 rings (SSSR count). The zero-order valence-electron chi connectivity index (χ0n) is 15.5. The SMILES string of the molecule is COc1cc(O)c(F)cc1CNC(=O)C1CCCN1C(=O)OC(C)(C)C. The summed E-state index contributed by atoms with van der Waals surface area (Å²) in [7, 11) is 1.39. The molecule has 144 valence electrons. The lowest BCUT2D eigenvalue weighted by molar-refractivity contribution is -0.125. The number of phenols is 1. The number of amides is 2. The summed E-state index contributed by atoms with van der Waals surface area (Å²) in [5.74, 6) is -1.40. The highest BCUT2D eigenvalue weighted by atomic mass is 19.1. The highest BCUT2D eigenvalue weighted by molar-refractivity contribution is 5.86. The van der Waals surface area contributed by atoms with Crippen molar-refractivity contribution in [1.82, 2.24) is 10.2 Å². The van der Waals surface area contributed by atoms with E-state index in [4.69, 9.17) is 9.47 Å². The molecule has 1 fully saturated rings. The minimum Gasteiger partial charge on any atom is -0.505 e. The van der Waals surface area contributed by atoms with E-state index in [1.54, 1.807) is 20.8 Å². The minimum absolute atomic E-state index is 0.0118. The number of likely N-dealkylation sites (tertiary alicyclic amines) is 1. The van der Waals surface area contributed by atoms with Crippen LogP contribution >= 0.6 is 0 Å². The third-order valence-electron chi connectivity index (χ3n) is 3.99. The highest BCUT2D eigenvalue weighted by Crippen LogP contribution is 2.27. The van der Waals surface area contributed by atoms with Gasteiger partial charge >= 0.3 is 6.09 Å². The molecule has 1 unspecified atom stereocenters. The first-order chi connectivity index (χ1) is 12.1. The molecule has 1 aromatic rings. The van der Waals surface area contributed by atoms with Gasteiger partial charge in [-0.3, -0.25) is 9.69 Å². The second kappa shape index (κ2) is 7.80. The van der Waals surface area contributed by atoms with Crippen LogP contribution in [0.15, 0.2) is 12.1 Å². The molecule has 1 aliphatic heterocycles. The quantitative estimate of drug-likeness (QED) is 0.853. The first-order valence-corrected chi connectivity index (χ1v) is 8.45. The lowest BCUT2D eigenvalue weighted by Crippen LogP contribution is -2.47. The summed E-state index contributed by atoms with van der Waals surface area (Å²) in [5.41, 5.74) is -0.254. The second-order valence-corrected chi connectivity index (χ2v) is 7.17. The average molecular weight is 368 g/mol. The molecule has 26 heavy (non-hydrogen) atoms. The molecule has 1 heterocycles. The molecular weight excluding hydrogens is 343 g/mol. The van der Waals surface area contributed by atoms with Crippen molar-refractivity contribution < 1.29 is 28.6 Å². The predicted molar refractivity (Wildman–Crippen MR) is 92.4 cm³/mol. The number of hydrogen-bond acceptors (Lipinski definition) is 5. The third kappa shape index (κ3) is 4.77. The van der Waals surface area contributed by atoms with Crippen LogP contribution in [0.5, 0.6) is 11.5 Å². The molecule has 0 aromatic heterocycles. The van der Waals surface area contributed by atoms with Gasteiger partial charge in [-0.25, -0.2) is 9.18 Å². The van der Waals surface area contributed by atoms with Gasteiger partial charge in [-0.15, -0.1) is 0 Å². The van der Waals surface area contributed by atoms with Crippen LogP contribution in [0, 0.1) is 5.82 Å². The molecular formula is C18H25FN2O5. The molecule has 2 amide bonds. The molecule has 7 nitrogen and oxygen atoms in total. The number of carbonyl (C=O) groups is 2. The highest BCUT2D eigenvalue weighted by Gasteiger charge is 2.36. The van der Waals surface area contributed by atoms with Crippen molar-refractivity contribution in [3.8, 4) is 11.5 Å². The molecule has 0 radical (unpaired) electrons. The molecule has 1 aromatic carbocycles. The number of benzene rings is 1. The van der Waals surface area contributed by atoms with Gasteiger partial charge in [0.05, 0.1) is 7.11 Å². The second-order valence-electron chi connectivity index (χ2n) is 7.17. The van der Waals surface area contributed by atoms with E-state index >= 15 is 0 Å². The van der Waals surface area contributed by atoms with E-state index < -0.39 is 29.3 Å². The predicted octanol–water partition coefficient (Wildman–Crippen LogP) is 2.56. The lowest BCUT2D eigenvalue weighted by atomic mass is 10.1. The fourth-order valence-electron chi connectivity index (χ4n) is 2.79. The van der Waals surface area contributed by atoms with Crippen LogP contribution in [0.25, 0.3) is 0 Å². The summed E-state index contributed by atoms with van der Waals surface area (Å²) in [6.45, 7) is 5.76. The number of halogens is 1. The molecule has 0 saturated carbocycles. The zero-order chi connectivity index (χ0) is 19.5. The van der Waals surface area contributed by atoms with Crippen molar-refractivity contribution in [1.29, 1.82) is 0 Å². The number of methoxy groups -OCH3 is 1. The summed E-state index contributed by atoms with van der Waals surface area (Å²) in [5, 5.41) is 12.1. The van der Waals surface area contributed by atoms with Gasteiger partial charge in [0, 0.05) is 24.7 Å². The lowest BCUT2D eigenvalue weighted by Gasteiger charge is -2.28. The maximum Gasteiger partial charge on any atom is 0.410 e. The fraction of sp³-hybridized carbons (Fsp3) is 0.556. The zero-order valence-corrected chi connectivity index (χ0v) is 15.5. The Morgan fingerprint density at radius 3 is 2.69 bits per heavy atom. The van der Waals surface area contributed by atoms with Crippen LogP contribution in [0.2, 0.25) is 0 Å². The molecule has 2 N–H and O–H groups in total. The smallest absolute Gasteiger partial charge is 0.410 e. The maximum atomic E-state index is 13.6. The Morgan fingerprint density at radius 2 is 2.08 bits per heavy atom. The number of nitrogens with one attached hydrogen (secondary N) is 1. The van der Waals surface area contributed by atoms with E-state index in [-0.39, 0.29) is 18.2 Å². The first kappa shape index (κ1) is 19.8. The summed E-state index contributed by atoms with van der Waals surface area (Å²) in [6.07, 6.45) is 0.712.